The van der Waals surface area contributed by atoms with Crippen LogP contribution in [0.15, 0.2) is 24.3 Å². The number of carboxylic acids is 2. The smallest absolute Gasteiger partial charge is 0.303 e. The number of aromatic amines is 2. The van der Waals surface area contributed by atoms with Crippen LogP contribution in [0, 0.1) is 13.8 Å². The van der Waals surface area contributed by atoms with Crippen LogP contribution in [0.2, 0.25) is 0 Å². The van der Waals surface area contributed by atoms with E-state index in [1.807, 2.05) is 52.0 Å². The number of aliphatic hydroxyl groups is 2. The molecule has 0 fully saturated rings. The fraction of sp³-hybridized carbons (Fsp3) is 0.353. The third-order valence-electron chi connectivity index (χ3n) is 8.65. The number of rotatable bonds is 8. The van der Waals surface area contributed by atoms with Gasteiger partial charge in [-0.15, -0.1) is 0 Å². The average molecular weight is 707 g/mol. The second-order valence-electron chi connectivity index (χ2n) is 11.7. The Morgan fingerprint density at radius 1 is 0.689 bits per heavy atom. The third kappa shape index (κ3) is 6.61. The Balaban J connectivity index is 0.00000461. The number of H-pyrrole nitrogens is 2. The van der Waals surface area contributed by atoms with Gasteiger partial charge in [-0.1, -0.05) is 0 Å². The Morgan fingerprint density at radius 2 is 1.20 bits per heavy atom. The number of nitrogens with zero attached hydrogens (tertiary/aromatic N) is 2. The molecule has 3 aromatic heterocycles. The monoisotopic (exact) mass is 705 g/mol. The van der Waals surface area contributed by atoms with Crippen LogP contribution in [-0.2, 0) is 38.4 Å². The number of allylic oxidation sites excluding steroid dienone is 3. The Labute approximate surface area is 276 Å². The summed E-state index contributed by atoms with van der Waals surface area (Å²) in [5, 5.41) is 40.5. The van der Waals surface area contributed by atoms with Gasteiger partial charge in [0.05, 0.1) is 35.0 Å². The first-order valence-corrected chi connectivity index (χ1v) is 14.7. The van der Waals surface area contributed by atoms with Crippen molar-refractivity contribution in [3.8, 4) is 0 Å². The Morgan fingerprint density at radius 3 is 1.82 bits per heavy atom. The van der Waals surface area contributed by atoms with Gasteiger partial charge in [0.25, 0.3) is 0 Å². The van der Waals surface area contributed by atoms with Crippen LogP contribution in [0.1, 0.15) is 98.1 Å². The van der Waals surface area contributed by atoms with E-state index in [1.165, 1.54) is 0 Å². The van der Waals surface area contributed by atoms with Gasteiger partial charge in [0.1, 0.15) is 0 Å². The van der Waals surface area contributed by atoms with Crippen LogP contribution >= 0.6 is 0 Å². The molecule has 0 aromatic carbocycles. The largest absolute Gasteiger partial charge is 0.481 e. The van der Waals surface area contributed by atoms with Gasteiger partial charge in [-0.05, 0) is 112 Å². The average Bonchev–Trinajstić information content (AvgIpc) is 3.59. The summed E-state index contributed by atoms with van der Waals surface area (Å²) in [7, 11) is 0. The number of nitrogens with one attached hydrogen (secondary N) is 2. The minimum atomic E-state index is -0.917. The first kappa shape index (κ1) is 34.1. The van der Waals surface area contributed by atoms with Crippen molar-refractivity contribution in [1.29, 1.82) is 0 Å². The second-order valence-corrected chi connectivity index (χ2v) is 11.7. The van der Waals surface area contributed by atoms with Crippen LogP contribution in [0.25, 0.3) is 44.4 Å². The van der Waals surface area contributed by atoms with E-state index in [1.54, 1.807) is 13.8 Å². The molecule has 3 aromatic rings. The van der Waals surface area contributed by atoms with E-state index < -0.39 is 24.1 Å². The van der Waals surface area contributed by atoms with Crippen LogP contribution < -0.4 is 0 Å². The van der Waals surface area contributed by atoms with Crippen molar-refractivity contribution in [2.45, 2.75) is 79.4 Å². The van der Waals surface area contributed by atoms with Gasteiger partial charge in [0, 0.05) is 68.4 Å². The molecule has 2 aliphatic rings. The summed E-state index contributed by atoms with van der Waals surface area (Å²) in [4.78, 5) is 39.8. The van der Waals surface area contributed by atoms with E-state index in [9.17, 15) is 30.0 Å². The van der Waals surface area contributed by atoms with Crippen LogP contribution in [0.5, 0.6) is 0 Å². The van der Waals surface area contributed by atoms with E-state index in [-0.39, 0.29) is 48.1 Å². The van der Waals surface area contributed by atoms with E-state index >= 15 is 0 Å². The zero-order valence-corrected chi connectivity index (χ0v) is 27.6. The minimum absolute atomic E-state index is 0. The number of hydrogen-bond donors (Lipinski definition) is 6. The minimum Gasteiger partial charge on any atom is -0.481 e. The molecule has 2 aliphatic heterocycles. The van der Waals surface area contributed by atoms with E-state index in [0.29, 0.717) is 44.9 Å². The zero-order chi connectivity index (χ0) is 32.0. The molecule has 8 bridgehead atoms. The molecule has 0 amide bonds. The molecular formula is C34H38AgN4O6. The van der Waals surface area contributed by atoms with Gasteiger partial charge in [-0.3, -0.25) is 9.59 Å². The number of fused-ring (bicyclic) bond motifs is 8. The molecule has 10 nitrogen and oxygen atoms in total. The molecular weight excluding hydrogens is 668 g/mol. The molecule has 241 valence electrons. The third-order valence-corrected chi connectivity index (χ3v) is 8.65. The zero-order valence-electron chi connectivity index (χ0n) is 26.1. The number of aryl methyl sites for hydroxylation is 3. The van der Waals surface area contributed by atoms with E-state index in [0.717, 1.165) is 44.4 Å². The van der Waals surface area contributed by atoms with Crippen molar-refractivity contribution in [3.05, 3.63) is 69.3 Å². The molecule has 2 atom stereocenters. The van der Waals surface area contributed by atoms with E-state index in [4.69, 9.17) is 9.97 Å². The standard InChI is InChI=1S/C34H38N4O6.Ag/c1-15-21(7-9-31(41)42)27-14-28-22(8-10-32(43)44)16(2)24(36-28)12-29-34(20(6)40)18(4)26(38-29)13-30-33(19(5)39)17(3)25(37-30)11-23(15)35-27;/h11-14,19-20,35,38-40H,7-10H2,1-6H3,(H,41,42)(H,43,44);. The number of hydrogen-bond acceptors (Lipinski definition) is 6. The number of aliphatic carboxylic acids is 2. The second kappa shape index (κ2) is 13.3. The van der Waals surface area contributed by atoms with E-state index in [2.05, 4.69) is 9.97 Å². The molecule has 0 saturated carbocycles. The molecule has 6 N–H and O–H groups in total. The molecule has 1 radical (unpaired) electrons. The van der Waals surface area contributed by atoms with Gasteiger partial charge >= 0.3 is 11.9 Å². The van der Waals surface area contributed by atoms with Gasteiger partial charge in [0.2, 0.25) is 0 Å². The summed E-state index contributed by atoms with van der Waals surface area (Å²) >= 11 is 0. The fourth-order valence-electron chi connectivity index (χ4n) is 6.31. The summed E-state index contributed by atoms with van der Waals surface area (Å²) < 4.78 is 0. The molecule has 0 saturated heterocycles. The molecule has 11 heteroatoms. The molecule has 2 unspecified atom stereocenters. The van der Waals surface area contributed by atoms with Crippen molar-refractivity contribution in [3.63, 3.8) is 0 Å². The van der Waals surface area contributed by atoms with Gasteiger partial charge in [-0.25, -0.2) is 9.97 Å². The van der Waals surface area contributed by atoms with Crippen molar-refractivity contribution < 1.29 is 52.4 Å². The molecule has 0 spiro atoms. The first-order valence-electron chi connectivity index (χ1n) is 14.7. The Bertz CT molecular complexity index is 1930. The van der Waals surface area contributed by atoms with Gasteiger partial charge in [0.15, 0.2) is 0 Å². The quantitative estimate of drug-likeness (QED) is 0.152. The first-order chi connectivity index (χ1) is 20.8. The SMILES string of the molecule is CC1=C(CCC(=O)O)c2cc3[nH]c(cc4nc(cc5[nH]c(cc1n2)c(C(C)O)c5C)C(C(C)O)=C4C)c(C)c3CCC(=O)O.[Ag]. The number of aromatic nitrogens is 4. The van der Waals surface area contributed by atoms with Crippen molar-refractivity contribution in [2.75, 3.05) is 0 Å². The maximum Gasteiger partial charge on any atom is 0.303 e. The molecule has 5 heterocycles. The normalized spacial score (nSPS) is 14.4. The summed E-state index contributed by atoms with van der Waals surface area (Å²) in [6, 6.07) is 7.51. The fourth-order valence-corrected chi connectivity index (χ4v) is 6.31. The summed E-state index contributed by atoms with van der Waals surface area (Å²) in [5.74, 6) is -1.83. The number of aliphatic hydroxyl groups excluding tert-OH is 2. The number of carbonyl (C=O) groups is 2. The van der Waals surface area contributed by atoms with Crippen LogP contribution in [0.3, 0.4) is 0 Å². The summed E-state index contributed by atoms with van der Waals surface area (Å²) in [6.07, 6.45) is -1.16. The van der Waals surface area contributed by atoms with Gasteiger partial charge < -0.3 is 30.4 Å². The summed E-state index contributed by atoms with van der Waals surface area (Å²) in [6.45, 7) is 11.1. The molecule has 0 aliphatic carbocycles. The van der Waals surface area contributed by atoms with Crippen molar-refractivity contribution >= 4 is 56.3 Å². The molecule has 45 heavy (non-hydrogen) atoms. The van der Waals surface area contributed by atoms with Crippen molar-refractivity contribution in [1.82, 2.24) is 19.9 Å². The topological polar surface area (TPSA) is 172 Å². The molecule has 5 rings (SSSR count). The maximum absolute atomic E-state index is 11.6. The number of carboxylic acid groups (broad SMARTS) is 2. The Kier molecular flexibility index (Phi) is 10.1. The Hall–Kier alpha value is -3.80. The maximum atomic E-state index is 11.6. The summed E-state index contributed by atoms with van der Waals surface area (Å²) in [5.41, 5.74) is 11.7. The van der Waals surface area contributed by atoms with Gasteiger partial charge in [-0.2, -0.15) is 0 Å². The predicted molar refractivity (Wildman–Crippen MR) is 171 cm³/mol. The predicted octanol–water partition coefficient (Wildman–Crippen LogP) is 6.11. The van der Waals surface area contributed by atoms with Crippen LogP contribution in [-0.4, -0.2) is 58.4 Å². The van der Waals surface area contributed by atoms with Crippen molar-refractivity contribution in [2.24, 2.45) is 0 Å². The van der Waals surface area contributed by atoms with Crippen LogP contribution in [0.4, 0.5) is 0 Å².